The summed E-state index contributed by atoms with van der Waals surface area (Å²) in [5.74, 6) is -0.189. The van der Waals surface area contributed by atoms with E-state index in [1.54, 1.807) is 29.3 Å². The number of benzene rings is 1. The van der Waals surface area contributed by atoms with Crippen molar-refractivity contribution < 1.29 is 14.0 Å². The highest BCUT2D eigenvalue weighted by Gasteiger charge is 2.33. The second kappa shape index (κ2) is 8.26. The Labute approximate surface area is 157 Å². The lowest BCUT2D eigenvalue weighted by atomic mass is 9.99. The molecule has 3 rings (SSSR count). The van der Waals surface area contributed by atoms with Gasteiger partial charge in [-0.05, 0) is 36.6 Å². The second-order valence-corrected chi connectivity index (χ2v) is 6.65. The fraction of sp³-hybridized carbons (Fsp3) is 0.350. The van der Waals surface area contributed by atoms with E-state index in [9.17, 15) is 14.0 Å². The zero-order valence-electron chi connectivity index (χ0n) is 15.2. The SMILES string of the molecule is CCN1C(=O)C(NC(=O)C[C@H](N)Cc2ccccc2F)Cc2cccnc21. The molecule has 2 amide bonds. The minimum absolute atomic E-state index is 0.0180. The molecule has 0 radical (unpaired) electrons. The average Bonchev–Trinajstić information content (AvgIpc) is 2.64. The first-order valence-corrected chi connectivity index (χ1v) is 9.03. The van der Waals surface area contributed by atoms with Crippen LogP contribution in [0.5, 0.6) is 0 Å². The molecule has 2 aromatic rings. The molecule has 27 heavy (non-hydrogen) atoms. The van der Waals surface area contributed by atoms with Crippen LogP contribution in [0.25, 0.3) is 0 Å². The number of halogens is 1. The normalized spacial score (nSPS) is 17.4. The number of fused-ring (bicyclic) bond motifs is 1. The lowest BCUT2D eigenvalue weighted by molar-refractivity contribution is -0.128. The van der Waals surface area contributed by atoms with Gasteiger partial charge < -0.3 is 11.1 Å². The summed E-state index contributed by atoms with van der Waals surface area (Å²) in [4.78, 5) is 30.9. The molecule has 0 bridgehead atoms. The summed E-state index contributed by atoms with van der Waals surface area (Å²) in [6, 6.07) is 8.90. The molecule has 7 heteroatoms. The highest BCUT2D eigenvalue weighted by atomic mass is 19.1. The van der Waals surface area contributed by atoms with Gasteiger partial charge in [0.25, 0.3) is 5.91 Å². The zero-order chi connectivity index (χ0) is 19.4. The van der Waals surface area contributed by atoms with Gasteiger partial charge in [-0.3, -0.25) is 14.5 Å². The molecular formula is C20H23FN4O2. The topological polar surface area (TPSA) is 88.3 Å². The van der Waals surface area contributed by atoms with Gasteiger partial charge >= 0.3 is 0 Å². The third-order valence-corrected chi connectivity index (χ3v) is 4.65. The van der Waals surface area contributed by atoms with Crippen molar-refractivity contribution in [3.05, 3.63) is 59.5 Å². The van der Waals surface area contributed by atoms with Crippen LogP contribution in [-0.4, -0.2) is 35.4 Å². The van der Waals surface area contributed by atoms with Crippen LogP contribution < -0.4 is 16.0 Å². The van der Waals surface area contributed by atoms with Crippen LogP contribution in [0, 0.1) is 5.82 Å². The second-order valence-electron chi connectivity index (χ2n) is 6.65. The van der Waals surface area contributed by atoms with Gasteiger partial charge in [0.05, 0.1) is 0 Å². The number of nitrogens with one attached hydrogen (secondary N) is 1. The van der Waals surface area contributed by atoms with E-state index in [1.807, 2.05) is 19.1 Å². The van der Waals surface area contributed by atoms with Crippen LogP contribution in [0.3, 0.4) is 0 Å². The van der Waals surface area contributed by atoms with E-state index in [2.05, 4.69) is 10.3 Å². The molecule has 2 atom stereocenters. The van der Waals surface area contributed by atoms with E-state index >= 15 is 0 Å². The Morgan fingerprint density at radius 3 is 2.89 bits per heavy atom. The lowest BCUT2D eigenvalue weighted by Gasteiger charge is -2.32. The highest BCUT2D eigenvalue weighted by molar-refractivity contribution is 6.01. The van der Waals surface area contributed by atoms with Crippen LogP contribution in [0.15, 0.2) is 42.6 Å². The predicted octanol–water partition coefficient (Wildman–Crippen LogP) is 1.57. The molecule has 3 N–H and O–H groups in total. The molecule has 0 saturated carbocycles. The van der Waals surface area contributed by atoms with Gasteiger partial charge in [-0.2, -0.15) is 0 Å². The van der Waals surface area contributed by atoms with E-state index in [-0.39, 0.29) is 30.5 Å². The Bertz CT molecular complexity index is 842. The lowest BCUT2D eigenvalue weighted by Crippen LogP contribution is -2.53. The summed E-state index contributed by atoms with van der Waals surface area (Å²) in [6.07, 6.45) is 2.32. The number of likely N-dealkylation sites (N-methyl/N-ethyl adjacent to an activating group) is 1. The van der Waals surface area contributed by atoms with Crippen molar-refractivity contribution in [2.75, 3.05) is 11.4 Å². The number of nitrogens with zero attached hydrogens (tertiary/aromatic N) is 2. The summed E-state index contributed by atoms with van der Waals surface area (Å²) in [5, 5.41) is 2.77. The van der Waals surface area contributed by atoms with E-state index in [1.165, 1.54) is 6.07 Å². The van der Waals surface area contributed by atoms with Gasteiger partial charge in [0, 0.05) is 31.6 Å². The monoisotopic (exact) mass is 370 g/mol. The molecular weight excluding hydrogens is 347 g/mol. The first-order valence-electron chi connectivity index (χ1n) is 9.03. The van der Waals surface area contributed by atoms with Crippen molar-refractivity contribution in [3.63, 3.8) is 0 Å². The van der Waals surface area contributed by atoms with E-state index < -0.39 is 12.1 Å². The maximum absolute atomic E-state index is 13.7. The number of amides is 2. The maximum Gasteiger partial charge on any atom is 0.251 e. The number of rotatable bonds is 6. The molecule has 1 aromatic heterocycles. The van der Waals surface area contributed by atoms with Crippen molar-refractivity contribution >= 4 is 17.6 Å². The van der Waals surface area contributed by atoms with Gasteiger partial charge in [0.2, 0.25) is 5.91 Å². The van der Waals surface area contributed by atoms with Gasteiger partial charge in [-0.1, -0.05) is 24.3 Å². The zero-order valence-corrected chi connectivity index (χ0v) is 15.2. The smallest absolute Gasteiger partial charge is 0.251 e. The van der Waals surface area contributed by atoms with Crippen molar-refractivity contribution in [2.24, 2.45) is 5.73 Å². The Balaban J connectivity index is 1.62. The molecule has 0 fully saturated rings. The van der Waals surface area contributed by atoms with Crippen molar-refractivity contribution in [3.8, 4) is 0 Å². The molecule has 1 unspecified atom stereocenters. The van der Waals surface area contributed by atoms with Crippen LogP contribution in [0.4, 0.5) is 10.2 Å². The highest BCUT2D eigenvalue weighted by Crippen LogP contribution is 2.25. The number of anilines is 1. The number of hydrogen-bond acceptors (Lipinski definition) is 4. The largest absolute Gasteiger partial charge is 0.344 e. The van der Waals surface area contributed by atoms with Crippen molar-refractivity contribution in [1.82, 2.24) is 10.3 Å². The predicted molar refractivity (Wildman–Crippen MR) is 101 cm³/mol. The number of nitrogens with two attached hydrogens (primary N) is 1. The Kier molecular flexibility index (Phi) is 5.81. The minimum atomic E-state index is -0.644. The molecule has 1 aromatic carbocycles. The van der Waals surface area contributed by atoms with Gasteiger partial charge in [0.15, 0.2) is 0 Å². The van der Waals surface area contributed by atoms with Crippen molar-refractivity contribution in [1.29, 1.82) is 0 Å². The average molecular weight is 370 g/mol. The molecule has 6 nitrogen and oxygen atoms in total. The summed E-state index contributed by atoms with van der Waals surface area (Å²) >= 11 is 0. The van der Waals surface area contributed by atoms with Crippen LogP contribution in [0.2, 0.25) is 0 Å². The Hall–Kier alpha value is -2.80. The third-order valence-electron chi connectivity index (χ3n) is 4.65. The summed E-state index contributed by atoms with van der Waals surface area (Å²) in [7, 11) is 0. The quantitative estimate of drug-likeness (QED) is 0.808. The number of carbonyl (C=O) groups is 2. The van der Waals surface area contributed by atoms with E-state index in [4.69, 9.17) is 5.73 Å². The van der Waals surface area contributed by atoms with Crippen LogP contribution in [0.1, 0.15) is 24.5 Å². The van der Waals surface area contributed by atoms with Gasteiger partial charge in [-0.15, -0.1) is 0 Å². The first kappa shape index (κ1) is 19.0. The number of carbonyl (C=O) groups excluding carboxylic acids is 2. The molecule has 142 valence electrons. The number of pyridine rings is 1. The van der Waals surface area contributed by atoms with Crippen LogP contribution >= 0.6 is 0 Å². The number of aromatic nitrogens is 1. The molecule has 0 aliphatic carbocycles. The van der Waals surface area contributed by atoms with Gasteiger partial charge in [-0.25, -0.2) is 9.37 Å². The fourth-order valence-electron chi connectivity index (χ4n) is 3.36. The summed E-state index contributed by atoms with van der Waals surface area (Å²) in [6.45, 7) is 2.34. The Morgan fingerprint density at radius 2 is 2.15 bits per heavy atom. The third kappa shape index (κ3) is 4.31. The number of hydrogen-bond donors (Lipinski definition) is 2. The van der Waals surface area contributed by atoms with Gasteiger partial charge in [0.1, 0.15) is 17.7 Å². The molecule has 1 aliphatic rings. The van der Waals surface area contributed by atoms with E-state index in [0.717, 1.165) is 5.56 Å². The van der Waals surface area contributed by atoms with E-state index in [0.29, 0.717) is 24.3 Å². The van der Waals surface area contributed by atoms with Crippen molar-refractivity contribution in [2.45, 2.75) is 38.3 Å². The standard InChI is InChI=1S/C20H23FN4O2/c1-2-25-19-14(7-5-9-23-19)11-17(20(25)27)24-18(26)12-15(22)10-13-6-3-4-8-16(13)21/h3-9,15,17H,2,10-12,22H2,1H3,(H,24,26)/t15-,17?/m1/s1. The molecule has 1 aliphatic heterocycles. The first-order chi connectivity index (χ1) is 13.0. The minimum Gasteiger partial charge on any atom is -0.344 e. The molecule has 0 saturated heterocycles. The summed E-state index contributed by atoms with van der Waals surface area (Å²) < 4.78 is 13.7. The Morgan fingerprint density at radius 1 is 1.37 bits per heavy atom. The summed E-state index contributed by atoms with van der Waals surface area (Å²) in [5.41, 5.74) is 7.40. The molecule has 0 spiro atoms. The fourth-order valence-corrected chi connectivity index (χ4v) is 3.36. The van der Waals surface area contributed by atoms with Crippen LogP contribution in [-0.2, 0) is 22.4 Å². The maximum atomic E-state index is 13.7. The molecule has 2 heterocycles.